The Kier molecular flexibility index (Phi) is 3.83. The smallest absolute Gasteiger partial charge is 0.295 e. The maximum atomic E-state index is 13.2. The van der Waals surface area contributed by atoms with Crippen molar-refractivity contribution in [3.8, 4) is 5.75 Å². The zero-order valence-electron chi connectivity index (χ0n) is 9.24. The van der Waals surface area contributed by atoms with Gasteiger partial charge in [0.25, 0.3) is 5.92 Å². The Bertz CT molecular complexity index is 367. The van der Waals surface area contributed by atoms with Crippen LogP contribution in [0.1, 0.15) is 11.1 Å². The van der Waals surface area contributed by atoms with Crippen molar-refractivity contribution >= 4 is 0 Å². The molecule has 0 aromatic heterocycles. The second-order valence-electron chi connectivity index (χ2n) is 3.94. The first kappa shape index (κ1) is 12.9. The van der Waals surface area contributed by atoms with Crippen molar-refractivity contribution in [2.24, 2.45) is 0 Å². The maximum absolute atomic E-state index is 13.2. The van der Waals surface area contributed by atoms with Crippen molar-refractivity contribution in [1.82, 2.24) is 4.90 Å². The molecule has 0 amide bonds. The number of phenols is 1. The molecule has 3 nitrogen and oxygen atoms in total. The number of alkyl halides is 2. The normalized spacial score (nSPS) is 12.1. The van der Waals surface area contributed by atoms with Crippen molar-refractivity contribution in [3.05, 3.63) is 29.3 Å². The minimum absolute atomic E-state index is 0.0220. The molecule has 0 saturated heterocycles. The molecular weight excluding hydrogens is 216 g/mol. The van der Waals surface area contributed by atoms with E-state index in [1.807, 2.05) is 0 Å². The van der Waals surface area contributed by atoms with Crippen LogP contribution in [0.3, 0.4) is 0 Å². The summed E-state index contributed by atoms with van der Waals surface area (Å²) >= 11 is 0. The Hall–Kier alpha value is -1.20. The van der Waals surface area contributed by atoms with Crippen LogP contribution in [0.4, 0.5) is 8.78 Å². The molecule has 0 aliphatic carbocycles. The third-order valence-electron chi connectivity index (χ3n) is 2.19. The highest BCUT2D eigenvalue weighted by atomic mass is 19.3. The van der Waals surface area contributed by atoms with Gasteiger partial charge in [-0.1, -0.05) is 0 Å². The third kappa shape index (κ3) is 2.90. The van der Waals surface area contributed by atoms with Crippen molar-refractivity contribution in [1.29, 1.82) is 0 Å². The van der Waals surface area contributed by atoms with Gasteiger partial charge in [-0.05, 0) is 32.3 Å². The topological polar surface area (TPSA) is 43.7 Å². The number of aliphatic hydroxyl groups excluding tert-OH is 1. The van der Waals surface area contributed by atoms with E-state index in [0.717, 1.165) is 6.07 Å². The first-order valence-electron chi connectivity index (χ1n) is 4.82. The summed E-state index contributed by atoms with van der Waals surface area (Å²) < 4.78 is 26.4. The van der Waals surface area contributed by atoms with Gasteiger partial charge in [0, 0.05) is 17.7 Å². The number of aromatic hydroxyl groups is 1. The van der Waals surface area contributed by atoms with Crippen molar-refractivity contribution in [2.45, 2.75) is 12.5 Å². The molecule has 0 radical (unpaired) electrons. The molecule has 0 bridgehead atoms. The number of hydrogen-bond donors (Lipinski definition) is 2. The number of phenolic OH excluding ortho intramolecular Hbond substituents is 1. The summed E-state index contributed by atoms with van der Waals surface area (Å²) in [5.41, 5.74) is 0.125. The zero-order valence-corrected chi connectivity index (χ0v) is 9.24. The molecule has 1 rings (SSSR count). The average Bonchev–Trinajstić information content (AvgIpc) is 2.20. The van der Waals surface area contributed by atoms with Crippen LogP contribution in [0.25, 0.3) is 0 Å². The van der Waals surface area contributed by atoms with Crippen LogP contribution in [0.15, 0.2) is 18.2 Å². The lowest BCUT2D eigenvalue weighted by Gasteiger charge is -2.17. The van der Waals surface area contributed by atoms with Crippen LogP contribution in [0.2, 0.25) is 0 Å². The molecule has 0 fully saturated rings. The summed E-state index contributed by atoms with van der Waals surface area (Å²) in [6.07, 6.45) is 0. The lowest BCUT2D eigenvalue weighted by Crippen LogP contribution is -2.19. The second-order valence-corrected chi connectivity index (χ2v) is 3.94. The molecule has 16 heavy (non-hydrogen) atoms. The summed E-state index contributed by atoms with van der Waals surface area (Å²) in [5.74, 6) is -3.29. The van der Waals surface area contributed by atoms with Gasteiger partial charge in [0.05, 0.1) is 0 Å². The highest BCUT2D eigenvalue weighted by Crippen LogP contribution is 2.30. The quantitative estimate of drug-likeness (QED) is 0.826. The fourth-order valence-electron chi connectivity index (χ4n) is 1.37. The highest BCUT2D eigenvalue weighted by Gasteiger charge is 2.30. The Labute approximate surface area is 92.9 Å². The standard InChI is InChI=1S/C11H15F2NO2/c1-14(2)6-8-5-9(3-4-10(8)16)11(12,13)7-15/h3-5,15-16H,6-7H2,1-2H3. The second kappa shape index (κ2) is 4.76. The largest absolute Gasteiger partial charge is 0.508 e. The van der Waals surface area contributed by atoms with Crippen LogP contribution in [0, 0.1) is 0 Å². The molecule has 1 aromatic rings. The van der Waals surface area contributed by atoms with Crippen LogP contribution < -0.4 is 0 Å². The van der Waals surface area contributed by atoms with Crippen molar-refractivity contribution in [2.75, 3.05) is 20.7 Å². The average molecular weight is 231 g/mol. The number of benzene rings is 1. The van der Waals surface area contributed by atoms with E-state index in [4.69, 9.17) is 5.11 Å². The fourth-order valence-corrected chi connectivity index (χ4v) is 1.37. The molecule has 5 heteroatoms. The lowest BCUT2D eigenvalue weighted by atomic mass is 10.0. The Morgan fingerprint density at radius 2 is 1.94 bits per heavy atom. The van der Waals surface area contributed by atoms with Crippen LogP contribution in [-0.2, 0) is 12.5 Å². The summed E-state index contributed by atoms with van der Waals surface area (Å²) in [4.78, 5) is 1.76. The maximum Gasteiger partial charge on any atom is 0.295 e. The summed E-state index contributed by atoms with van der Waals surface area (Å²) in [7, 11) is 3.55. The summed E-state index contributed by atoms with van der Waals surface area (Å²) in [6, 6.07) is 3.55. The molecular formula is C11H15F2NO2. The van der Waals surface area contributed by atoms with Crippen LogP contribution in [-0.4, -0.2) is 35.8 Å². The first-order valence-corrected chi connectivity index (χ1v) is 4.82. The number of nitrogens with zero attached hydrogens (tertiary/aromatic N) is 1. The molecule has 0 unspecified atom stereocenters. The first-order chi connectivity index (χ1) is 7.36. The Morgan fingerprint density at radius 1 is 1.31 bits per heavy atom. The Morgan fingerprint density at radius 3 is 2.44 bits per heavy atom. The summed E-state index contributed by atoms with van der Waals surface area (Å²) in [6.45, 7) is -0.875. The molecule has 0 aliphatic heterocycles. The zero-order chi connectivity index (χ0) is 12.3. The van der Waals surface area contributed by atoms with E-state index < -0.39 is 12.5 Å². The van der Waals surface area contributed by atoms with Gasteiger partial charge in [-0.25, -0.2) is 0 Å². The number of hydrogen-bond acceptors (Lipinski definition) is 3. The lowest BCUT2D eigenvalue weighted by molar-refractivity contribution is -0.0557. The minimum Gasteiger partial charge on any atom is -0.508 e. The van der Waals surface area contributed by atoms with E-state index in [-0.39, 0.29) is 11.3 Å². The minimum atomic E-state index is -3.27. The number of halogens is 2. The van der Waals surface area contributed by atoms with E-state index in [1.54, 1.807) is 19.0 Å². The van der Waals surface area contributed by atoms with Gasteiger partial charge in [0.1, 0.15) is 12.4 Å². The van der Waals surface area contributed by atoms with E-state index >= 15 is 0 Å². The molecule has 0 aliphatic rings. The molecule has 0 heterocycles. The van der Waals surface area contributed by atoms with E-state index in [9.17, 15) is 13.9 Å². The predicted octanol–water partition coefficient (Wildman–Crippen LogP) is 1.54. The van der Waals surface area contributed by atoms with Gasteiger partial charge >= 0.3 is 0 Å². The van der Waals surface area contributed by atoms with Gasteiger partial charge in [-0.3, -0.25) is 0 Å². The molecule has 0 saturated carbocycles. The SMILES string of the molecule is CN(C)Cc1cc(C(F)(F)CO)ccc1O. The van der Waals surface area contributed by atoms with Crippen molar-refractivity contribution in [3.63, 3.8) is 0 Å². The van der Waals surface area contributed by atoms with Gasteiger partial charge in [-0.2, -0.15) is 8.78 Å². The van der Waals surface area contributed by atoms with Gasteiger partial charge in [0.15, 0.2) is 0 Å². The van der Waals surface area contributed by atoms with Crippen LogP contribution >= 0.6 is 0 Å². The molecule has 0 spiro atoms. The number of rotatable bonds is 4. The molecule has 1 aromatic carbocycles. The number of aliphatic hydroxyl groups is 1. The fraction of sp³-hybridized carbons (Fsp3) is 0.455. The van der Waals surface area contributed by atoms with Crippen LogP contribution in [0.5, 0.6) is 5.75 Å². The predicted molar refractivity (Wildman–Crippen MR) is 56.5 cm³/mol. The molecule has 0 atom stereocenters. The van der Waals surface area contributed by atoms with E-state index in [2.05, 4.69) is 0 Å². The molecule has 2 N–H and O–H groups in total. The van der Waals surface area contributed by atoms with E-state index in [1.165, 1.54) is 12.1 Å². The monoisotopic (exact) mass is 231 g/mol. The molecule has 90 valence electrons. The van der Waals surface area contributed by atoms with Gasteiger partial charge < -0.3 is 15.1 Å². The Balaban J connectivity index is 3.07. The third-order valence-corrected chi connectivity index (χ3v) is 2.19. The summed E-state index contributed by atoms with van der Waals surface area (Å²) in [5, 5.41) is 18.1. The highest BCUT2D eigenvalue weighted by molar-refractivity contribution is 5.37. The van der Waals surface area contributed by atoms with Crippen molar-refractivity contribution < 1.29 is 19.0 Å². The van der Waals surface area contributed by atoms with Gasteiger partial charge in [-0.15, -0.1) is 0 Å². The van der Waals surface area contributed by atoms with E-state index in [0.29, 0.717) is 12.1 Å². The van der Waals surface area contributed by atoms with Gasteiger partial charge in [0.2, 0.25) is 0 Å².